The molecule has 1 heterocycles. The maximum Gasteiger partial charge on any atom is 0.321 e. The summed E-state index contributed by atoms with van der Waals surface area (Å²) in [6.07, 6.45) is 1.61. The highest BCUT2D eigenvalue weighted by Gasteiger charge is 2.27. The van der Waals surface area contributed by atoms with Gasteiger partial charge < -0.3 is 14.6 Å². The molecular formula is C18H20Cl2N2O5. The minimum atomic E-state index is -1.17. The molecule has 27 heavy (non-hydrogen) atoms. The molecule has 0 fully saturated rings. The Labute approximate surface area is 166 Å². The average molecular weight is 415 g/mol. The lowest BCUT2D eigenvalue weighted by Crippen LogP contribution is -2.48. The number of nitrogens with zero attached hydrogens (tertiary/aromatic N) is 1. The van der Waals surface area contributed by atoms with E-state index in [-0.39, 0.29) is 18.2 Å². The number of nitrogens with one attached hydrogen (secondary N) is 1. The van der Waals surface area contributed by atoms with Gasteiger partial charge in [-0.25, -0.2) is 4.98 Å². The standard InChI is InChI=1S/C18H20Cl2N2O5/c1-9(2)3-14(17(23)24)22-15(18(25)26)7-13-8-27-16(21-13)10-4-11(19)6-12(20)5-10/h4-6,8-9,14-15,22H,3,7H2,1-2H3,(H,23,24)(H,25,26)/t14-,15?/m0/s1. The summed E-state index contributed by atoms with van der Waals surface area (Å²) in [6.45, 7) is 3.74. The Morgan fingerprint density at radius 1 is 1.11 bits per heavy atom. The smallest absolute Gasteiger partial charge is 0.321 e. The van der Waals surface area contributed by atoms with Gasteiger partial charge in [-0.05, 0) is 30.5 Å². The summed E-state index contributed by atoms with van der Waals surface area (Å²) in [4.78, 5) is 27.2. The fourth-order valence-corrected chi connectivity index (χ4v) is 3.12. The van der Waals surface area contributed by atoms with Crippen molar-refractivity contribution in [2.24, 2.45) is 5.92 Å². The number of carboxylic acids is 2. The minimum Gasteiger partial charge on any atom is -0.480 e. The molecule has 3 N–H and O–H groups in total. The number of halogens is 2. The summed E-state index contributed by atoms with van der Waals surface area (Å²) >= 11 is 11.9. The molecular weight excluding hydrogens is 395 g/mol. The van der Waals surface area contributed by atoms with Crippen LogP contribution in [0.3, 0.4) is 0 Å². The first-order valence-electron chi connectivity index (χ1n) is 8.28. The molecule has 2 rings (SSSR count). The molecule has 9 heteroatoms. The summed E-state index contributed by atoms with van der Waals surface area (Å²) in [5.74, 6) is -1.92. The quantitative estimate of drug-likeness (QED) is 0.572. The fraction of sp³-hybridized carbons (Fsp3) is 0.389. The van der Waals surface area contributed by atoms with E-state index < -0.39 is 24.0 Å². The first kappa shape index (κ1) is 21.2. The monoisotopic (exact) mass is 414 g/mol. The van der Waals surface area contributed by atoms with Gasteiger partial charge in [-0.3, -0.25) is 14.9 Å². The lowest BCUT2D eigenvalue weighted by molar-refractivity contribution is -0.142. The van der Waals surface area contributed by atoms with Crippen LogP contribution in [0.25, 0.3) is 11.5 Å². The largest absolute Gasteiger partial charge is 0.480 e. The molecule has 0 aliphatic rings. The van der Waals surface area contributed by atoms with Gasteiger partial charge in [0.25, 0.3) is 0 Å². The number of aromatic nitrogens is 1. The third kappa shape index (κ3) is 6.23. The molecule has 0 bridgehead atoms. The van der Waals surface area contributed by atoms with Crippen LogP contribution >= 0.6 is 23.2 Å². The van der Waals surface area contributed by atoms with E-state index in [9.17, 15) is 19.8 Å². The second kappa shape index (κ2) is 9.21. The van der Waals surface area contributed by atoms with Gasteiger partial charge in [-0.15, -0.1) is 0 Å². The minimum absolute atomic E-state index is 0.0327. The highest BCUT2D eigenvalue weighted by atomic mass is 35.5. The summed E-state index contributed by atoms with van der Waals surface area (Å²) in [5.41, 5.74) is 0.927. The van der Waals surface area contributed by atoms with Crippen molar-refractivity contribution in [3.05, 3.63) is 40.2 Å². The van der Waals surface area contributed by atoms with Crippen LogP contribution in [0.4, 0.5) is 0 Å². The van der Waals surface area contributed by atoms with Crippen LogP contribution in [0.15, 0.2) is 28.9 Å². The number of rotatable bonds is 9. The highest BCUT2D eigenvalue weighted by molar-refractivity contribution is 6.35. The van der Waals surface area contributed by atoms with E-state index in [1.54, 1.807) is 18.2 Å². The van der Waals surface area contributed by atoms with Gasteiger partial charge >= 0.3 is 11.9 Å². The zero-order chi connectivity index (χ0) is 20.1. The molecule has 0 aliphatic carbocycles. The van der Waals surface area contributed by atoms with Gasteiger partial charge in [0, 0.05) is 22.0 Å². The molecule has 0 saturated carbocycles. The van der Waals surface area contributed by atoms with E-state index >= 15 is 0 Å². The van der Waals surface area contributed by atoms with Crippen molar-refractivity contribution in [1.29, 1.82) is 0 Å². The molecule has 0 aliphatic heterocycles. The van der Waals surface area contributed by atoms with Crippen LogP contribution in [0.1, 0.15) is 26.0 Å². The van der Waals surface area contributed by atoms with Gasteiger partial charge in [-0.2, -0.15) is 0 Å². The van der Waals surface area contributed by atoms with E-state index in [4.69, 9.17) is 27.6 Å². The number of benzene rings is 1. The van der Waals surface area contributed by atoms with Crippen LogP contribution in [0, 0.1) is 5.92 Å². The summed E-state index contributed by atoms with van der Waals surface area (Å²) < 4.78 is 5.39. The molecule has 0 saturated heterocycles. The average Bonchev–Trinajstić information content (AvgIpc) is 3.00. The van der Waals surface area contributed by atoms with Gasteiger partial charge in [-0.1, -0.05) is 37.0 Å². The number of carboxylic acid groups (broad SMARTS) is 2. The van der Waals surface area contributed by atoms with E-state index in [0.29, 0.717) is 27.7 Å². The Balaban J connectivity index is 2.16. The van der Waals surface area contributed by atoms with E-state index in [0.717, 1.165) is 0 Å². The van der Waals surface area contributed by atoms with Crippen LogP contribution in [0.5, 0.6) is 0 Å². The maximum absolute atomic E-state index is 11.6. The first-order valence-corrected chi connectivity index (χ1v) is 9.03. The Morgan fingerprint density at radius 2 is 1.70 bits per heavy atom. The van der Waals surface area contributed by atoms with Crippen molar-refractivity contribution in [3.8, 4) is 11.5 Å². The van der Waals surface area contributed by atoms with Crippen molar-refractivity contribution in [1.82, 2.24) is 10.3 Å². The Hall–Kier alpha value is -2.09. The number of carbonyl (C=O) groups is 2. The number of hydrogen-bond donors (Lipinski definition) is 3. The topological polar surface area (TPSA) is 113 Å². The summed E-state index contributed by atoms with van der Waals surface area (Å²) in [7, 11) is 0. The number of hydrogen-bond acceptors (Lipinski definition) is 5. The number of aliphatic carboxylic acids is 2. The SMILES string of the molecule is CC(C)C[C@H](NC(Cc1coc(-c2cc(Cl)cc(Cl)c2)n1)C(=O)O)C(=O)O. The lowest BCUT2D eigenvalue weighted by atomic mass is 10.0. The van der Waals surface area contributed by atoms with Crippen molar-refractivity contribution in [2.75, 3.05) is 0 Å². The van der Waals surface area contributed by atoms with Crippen LogP contribution in [-0.2, 0) is 16.0 Å². The number of oxazole rings is 1. The van der Waals surface area contributed by atoms with E-state index in [1.807, 2.05) is 13.8 Å². The fourth-order valence-electron chi connectivity index (χ4n) is 2.59. The van der Waals surface area contributed by atoms with Crippen molar-refractivity contribution in [2.45, 2.75) is 38.8 Å². The van der Waals surface area contributed by atoms with Gasteiger partial charge in [0.15, 0.2) is 0 Å². The molecule has 0 amide bonds. The van der Waals surface area contributed by atoms with Crippen molar-refractivity contribution < 1.29 is 24.2 Å². The molecule has 2 atom stereocenters. The van der Waals surface area contributed by atoms with E-state index in [2.05, 4.69) is 10.3 Å². The zero-order valence-electron chi connectivity index (χ0n) is 14.8. The highest BCUT2D eigenvalue weighted by Crippen LogP contribution is 2.27. The van der Waals surface area contributed by atoms with Crippen molar-refractivity contribution in [3.63, 3.8) is 0 Å². The molecule has 1 aromatic heterocycles. The van der Waals surface area contributed by atoms with E-state index in [1.165, 1.54) is 6.26 Å². The molecule has 0 radical (unpaired) electrons. The molecule has 2 aromatic rings. The van der Waals surface area contributed by atoms with Gasteiger partial charge in [0.1, 0.15) is 18.3 Å². The molecule has 1 unspecified atom stereocenters. The molecule has 1 aromatic carbocycles. The Bertz CT molecular complexity index is 802. The summed E-state index contributed by atoms with van der Waals surface area (Å²) in [5, 5.41) is 22.3. The van der Waals surface area contributed by atoms with Crippen LogP contribution in [0.2, 0.25) is 10.0 Å². The lowest BCUT2D eigenvalue weighted by Gasteiger charge is -2.21. The third-order valence-electron chi connectivity index (χ3n) is 3.78. The second-order valence-corrected chi connectivity index (χ2v) is 7.46. The van der Waals surface area contributed by atoms with Gasteiger partial charge in [0.2, 0.25) is 5.89 Å². The predicted octanol–water partition coefficient (Wildman–Crippen LogP) is 3.73. The summed E-state index contributed by atoms with van der Waals surface area (Å²) in [6, 6.07) is 2.73. The third-order valence-corrected chi connectivity index (χ3v) is 4.22. The van der Waals surface area contributed by atoms with Crippen molar-refractivity contribution >= 4 is 35.1 Å². The molecule has 146 valence electrons. The Kier molecular flexibility index (Phi) is 7.24. The second-order valence-electron chi connectivity index (χ2n) is 6.58. The van der Waals surface area contributed by atoms with Crippen LogP contribution < -0.4 is 5.32 Å². The maximum atomic E-state index is 11.6. The first-order chi connectivity index (χ1) is 12.7. The van der Waals surface area contributed by atoms with Crippen LogP contribution in [-0.4, -0.2) is 39.2 Å². The molecule has 7 nitrogen and oxygen atoms in total. The predicted molar refractivity (Wildman–Crippen MR) is 101 cm³/mol. The van der Waals surface area contributed by atoms with Gasteiger partial charge in [0.05, 0.1) is 5.69 Å². The zero-order valence-corrected chi connectivity index (χ0v) is 16.3. The molecule has 0 spiro atoms. The normalized spacial score (nSPS) is 13.5. The Morgan fingerprint density at radius 3 is 2.22 bits per heavy atom.